The highest BCUT2D eigenvalue weighted by Crippen LogP contribution is 2.23. The zero-order valence-electron chi connectivity index (χ0n) is 17.6. The van der Waals surface area contributed by atoms with Crippen molar-refractivity contribution in [1.29, 1.82) is 0 Å². The molecule has 1 aromatic carbocycles. The fourth-order valence-corrected chi connectivity index (χ4v) is 4.43. The van der Waals surface area contributed by atoms with Crippen LogP contribution in [0.3, 0.4) is 0 Å². The molecule has 0 radical (unpaired) electrons. The summed E-state index contributed by atoms with van der Waals surface area (Å²) < 4.78 is 1.93. The molecule has 1 aliphatic heterocycles. The summed E-state index contributed by atoms with van der Waals surface area (Å²) in [5.41, 5.74) is 2.18. The van der Waals surface area contributed by atoms with Gasteiger partial charge in [-0.15, -0.1) is 10.2 Å². The fraction of sp³-hybridized carbons (Fsp3) is 0.333. The van der Waals surface area contributed by atoms with Crippen molar-refractivity contribution in [2.75, 3.05) is 36.8 Å². The first-order valence-corrected chi connectivity index (χ1v) is 11.3. The van der Waals surface area contributed by atoms with Crippen molar-refractivity contribution in [2.24, 2.45) is 0 Å². The van der Waals surface area contributed by atoms with Crippen LogP contribution < -0.4 is 4.90 Å². The lowest BCUT2D eigenvalue weighted by Crippen LogP contribution is -2.49. The summed E-state index contributed by atoms with van der Waals surface area (Å²) in [4.78, 5) is 31.1. The zero-order valence-corrected chi connectivity index (χ0v) is 18.4. The number of para-hydroxylation sites is 1. The van der Waals surface area contributed by atoms with Crippen LogP contribution in [0, 0.1) is 10.1 Å². The van der Waals surface area contributed by atoms with E-state index >= 15 is 0 Å². The van der Waals surface area contributed by atoms with Crippen LogP contribution in [0.25, 0.3) is 5.69 Å². The highest BCUT2D eigenvalue weighted by atomic mass is 32.2. The first kappa shape index (κ1) is 21.8. The Morgan fingerprint density at radius 2 is 1.94 bits per heavy atom. The van der Waals surface area contributed by atoms with E-state index in [0.717, 1.165) is 12.1 Å². The molecule has 0 spiro atoms. The number of pyridine rings is 1. The smallest absolute Gasteiger partial charge is 0.287 e. The number of carbonyl (C=O) groups is 1. The second-order valence-corrected chi connectivity index (χ2v) is 8.20. The normalized spacial score (nSPS) is 13.9. The van der Waals surface area contributed by atoms with Crippen LogP contribution in [0.5, 0.6) is 0 Å². The molecule has 166 valence electrons. The number of aryl methyl sites for hydroxylation is 1. The molecule has 0 bridgehead atoms. The molecule has 4 rings (SSSR count). The maximum Gasteiger partial charge on any atom is 0.287 e. The lowest BCUT2D eigenvalue weighted by atomic mass is 10.1. The van der Waals surface area contributed by atoms with Gasteiger partial charge in [0.1, 0.15) is 18.3 Å². The molecule has 11 heteroatoms. The number of nitrogens with zero attached hydrogens (tertiary/aromatic N) is 7. The molecule has 2 aromatic heterocycles. The van der Waals surface area contributed by atoms with E-state index in [1.54, 1.807) is 12.4 Å². The first-order chi connectivity index (χ1) is 15.6. The van der Waals surface area contributed by atoms with Crippen molar-refractivity contribution in [2.45, 2.75) is 18.5 Å². The quantitative estimate of drug-likeness (QED) is 0.305. The molecule has 3 aromatic rings. The first-order valence-electron chi connectivity index (χ1n) is 10.3. The number of thioether (sulfide) groups is 1. The molecule has 3 heterocycles. The molecule has 0 saturated carbocycles. The van der Waals surface area contributed by atoms with Gasteiger partial charge in [0, 0.05) is 32.2 Å². The molecular weight excluding hydrogens is 430 g/mol. The SMILES string of the molecule is CCc1ccccc1-n1cnnc1SCC(=O)N1CCN(c2ccc([N+](=O)[O-])cn2)CC1. The van der Waals surface area contributed by atoms with Crippen LogP contribution >= 0.6 is 11.8 Å². The van der Waals surface area contributed by atoms with Gasteiger partial charge in [-0.1, -0.05) is 36.9 Å². The predicted octanol–water partition coefficient (Wildman–Crippen LogP) is 2.57. The van der Waals surface area contributed by atoms with Crippen LogP contribution in [-0.2, 0) is 11.2 Å². The van der Waals surface area contributed by atoms with E-state index in [-0.39, 0.29) is 17.3 Å². The molecule has 0 unspecified atom stereocenters. The van der Waals surface area contributed by atoms with E-state index in [0.29, 0.717) is 37.2 Å². The molecule has 1 saturated heterocycles. The average Bonchev–Trinajstić information content (AvgIpc) is 3.31. The Labute approximate surface area is 189 Å². The summed E-state index contributed by atoms with van der Waals surface area (Å²) in [6, 6.07) is 11.2. The third-order valence-electron chi connectivity index (χ3n) is 5.37. The zero-order chi connectivity index (χ0) is 22.5. The van der Waals surface area contributed by atoms with Crippen molar-refractivity contribution in [3.05, 3.63) is 64.6 Å². The molecule has 0 aliphatic carbocycles. The third kappa shape index (κ3) is 4.72. The highest BCUT2D eigenvalue weighted by molar-refractivity contribution is 7.99. The maximum absolute atomic E-state index is 12.8. The van der Waals surface area contributed by atoms with E-state index in [4.69, 9.17) is 0 Å². The van der Waals surface area contributed by atoms with Crippen molar-refractivity contribution in [3.63, 3.8) is 0 Å². The lowest BCUT2D eigenvalue weighted by Gasteiger charge is -2.35. The van der Waals surface area contributed by atoms with Crippen LogP contribution in [-0.4, -0.2) is 67.4 Å². The average molecular weight is 454 g/mol. The second kappa shape index (κ2) is 9.77. The Kier molecular flexibility index (Phi) is 6.64. The fourth-order valence-electron chi connectivity index (χ4n) is 3.61. The number of hydrogen-bond acceptors (Lipinski definition) is 8. The van der Waals surface area contributed by atoms with Crippen molar-refractivity contribution < 1.29 is 9.72 Å². The number of amides is 1. The van der Waals surface area contributed by atoms with Crippen molar-refractivity contribution in [3.8, 4) is 5.69 Å². The number of piperazine rings is 1. The van der Waals surface area contributed by atoms with Gasteiger partial charge in [-0.2, -0.15) is 0 Å². The Morgan fingerprint density at radius 3 is 2.62 bits per heavy atom. The summed E-state index contributed by atoms with van der Waals surface area (Å²) in [7, 11) is 0. The number of aromatic nitrogens is 4. The van der Waals surface area contributed by atoms with Crippen LogP contribution in [0.4, 0.5) is 11.5 Å². The minimum atomic E-state index is -0.466. The number of carbonyl (C=O) groups excluding carboxylic acids is 1. The van der Waals surface area contributed by atoms with E-state index < -0.39 is 4.92 Å². The summed E-state index contributed by atoms with van der Waals surface area (Å²) in [5.74, 6) is 1.01. The topological polar surface area (TPSA) is 110 Å². The molecule has 1 aliphatic rings. The Morgan fingerprint density at radius 1 is 1.16 bits per heavy atom. The third-order valence-corrected chi connectivity index (χ3v) is 6.30. The van der Waals surface area contributed by atoms with Gasteiger partial charge >= 0.3 is 0 Å². The molecule has 0 atom stereocenters. The number of hydrogen-bond donors (Lipinski definition) is 0. The maximum atomic E-state index is 12.8. The Bertz CT molecular complexity index is 1090. The number of rotatable bonds is 7. The molecule has 32 heavy (non-hydrogen) atoms. The largest absolute Gasteiger partial charge is 0.353 e. The van der Waals surface area contributed by atoms with E-state index in [9.17, 15) is 14.9 Å². The molecule has 1 fully saturated rings. The summed E-state index contributed by atoms with van der Waals surface area (Å²) in [6.07, 6.45) is 3.83. The van der Waals surface area contributed by atoms with Gasteiger partial charge in [0.2, 0.25) is 5.91 Å². The summed E-state index contributed by atoms with van der Waals surface area (Å²) in [6.45, 7) is 4.50. The predicted molar refractivity (Wildman–Crippen MR) is 121 cm³/mol. The van der Waals surface area contributed by atoms with Crippen LogP contribution in [0.1, 0.15) is 12.5 Å². The number of benzene rings is 1. The number of nitro groups is 1. The van der Waals surface area contributed by atoms with E-state index in [1.165, 1.54) is 29.6 Å². The van der Waals surface area contributed by atoms with Crippen molar-refractivity contribution >= 4 is 29.2 Å². The molecule has 0 N–H and O–H groups in total. The summed E-state index contributed by atoms with van der Waals surface area (Å²) in [5, 5.41) is 19.7. The highest BCUT2D eigenvalue weighted by Gasteiger charge is 2.23. The second-order valence-electron chi connectivity index (χ2n) is 7.25. The van der Waals surface area contributed by atoms with Gasteiger partial charge in [-0.05, 0) is 24.1 Å². The van der Waals surface area contributed by atoms with Gasteiger partial charge in [0.25, 0.3) is 5.69 Å². The van der Waals surface area contributed by atoms with Crippen LogP contribution in [0.15, 0.2) is 54.1 Å². The van der Waals surface area contributed by atoms with Gasteiger partial charge in [0.05, 0.1) is 16.4 Å². The monoisotopic (exact) mass is 453 g/mol. The standard InChI is InChI=1S/C21H23N7O3S/c1-2-16-5-3-4-6-18(16)27-15-23-24-21(27)32-14-20(29)26-11-9-25(10-12-26)19-8-7-17(13-22-19)28(30)31/h3-8,13,15H,2,9-12,14H2,1H3. The molecule has 1 amide bonds. The lowest BCUT2D eigenvalue weighted by molar-refractivity contribution is -0.385. The molecular formula is C21H23N7O3S. The minimum Gasteiger partial charge on any atom is -0.353 e. The summed E-state index contributed by atoms with van der Waals surface area (Å²) >= 11 is 1.38. The van der Waals surface area contributed by atoms with Crippen LogP contribution in [0.2, 0.25) is 0 Å². The minimum absolute atomic E-state index is 0.0333. The Hall–Kier alpha value is -3.47. The van der Waals surface area contributed by atoms with Gasteiger partial charge in [-0.3, -0.25) is 19.5 Å². The van der Waals surface area contributed by atoms with Gasteiger partial charge in [0.15, 0.2) is 5.16 Å². The molecule has 10 nitrogen and oxygen atoms in total. The Balaban J connectivity index is 1.33. The van der Waals surface area contributed by atoms with Crippen molar-refractivity contribution in [1.82, 2.24) is 24.6 Å². The number of anilines is 1. The van der Waals surface area contributed by atoms with Gasteiger partial charge in [-0.25, -0.2) is 4.98 Å². The van der Waals surface area contributed by atoms with E-state index in [1.807, 2.05) is 32.6 Å². The van der Waals surface area contributed by atoms with E-state index in [2.05, 4.69) is 28.2 Å². The van der Waals surface area contributed by atoms with Gasteiger partial charge < -0.3 is 9.80 Å².